The lowest BCUT2D eigenvalue weighted by atomic mass is 9.99. The minimum Gasteiger partial charge on any atom is -0.364 e. The molecule has 0 saturated carbocycles. The molecule has 5 heteroatoms. The molecule has 0 spiro atoms. The number of nitrogens with zero attached hydrogens (tertiary/aromatic N) is 1. The van der Waals surface area contributed by atoms with E-state index in [-0.39, 0.29) is 5.91 Å². The molecule has 0 bridgehead atoms. The van der Waals surface area contributed by atoms with Gasteiger partial charge in [-0.3, -0.25) is 4.79 Å². The standard InChI is InChI=1S/C21H24ClNO3/c1-21(2,25-3)23-12-5-13-26-19(20(23)24)17-7-4-6-16(14-17)15-8-10-18(22)11-9-15/h4,6-11,14,19H,5,12-13H2,1-3H3. The van der Waals surface area contributed by atoms with Crippen molar-refractivity contribution in [3.8, 4) is 11.1 Å². The van der Waals surface area contributed by atoms with Crippen molar-refractivity contribution in [2.45, 2.75) is 32.1 Å². The second kappa shape index (κ2) is 7.78. The Hall–Kier alpha value is -1.88. The molecule has 26 heavy (non-hydrogen) atoms. The van der Waals surface area contributed by atoms with E-state index in [0.717, 1.165) is 23.1 Å². The highest BCUT2D eigenvalue weighted by Gasteiger charge is 2.37. The predicted molar refractivity (Wildman–Crippen MR) is 103 cm³/mol. The fourth-order valence-corrected chi connectivity index (χ4v) is 3.28. The molecule has 1 amide bonds. The van der Waals surface area contributed by atoms with Crippen molar-refractivity contribution >= 4 is 17.5 Å². The molecule has 1 fully saturated rings. The van der Waals surface area contributed by atoms with Crippen molar-refractivity contribution in [1.29, 1.82) is 0 Å². The topological polar surface area (TPSA) is 38.8 Å². The Bertz CT molecular complexity index is 773. The van der Waals surface area contributed by atoms with Gasteiger partial charge in [0.25, 0.3) is 5.91 Å². The lowest BCUT2D eigenvalue weighted by Crippen LogP contribution is -2.50. The zero-order valence-electron chi connectivity index (χ0n) is 15.4. The molecular formula is C21H24ClNO3. The number of rotatable bonds is 4. The van der Waals surface area contributed by atoms with Gasteiger partial charge in [0, 0.05) is 25.3 Å². The van der Waals surface area contributed by atoms with Crippen LogP contribution in [0.5, 0.6) is 0 Å². The predicted octanol–water partition coefficient (Wildman–Crippen LogP) is 4.68. The van der Waals surface area contributed by atoms with Gasteiger partial charge in [0.15, 0.2) is 6.10 Å². The first-order valence-corrected chi connectivity index (χ1v) is 9.14. The van der Waals surface area contributed by atoms with Gasteiger partial charge in [0.05, 0.1) is 0 Å². The van der Waals surface area contributed by atoms with Gasteiger partial charge in [-0.25, -0.2) is 0 Å². The van der Waals surface area contributed by atoms with Crippen molar-refractivity contribution in [3.63, 3.8) is 0 Å². The molecule has 1 aliphatic heterocycles. The summed E-state index contributed by atoms with van der Waals surface area (Å²) in [5.74, 6) is -0.0670. The number of hydrogen-bond donors (Lipinski definition) is 0. The molecule has 1 aliphatic rings. The summed E-state index contributed by atoms with van der Waals surface area (Å²) in [7, 11) is 1.62. The first kappa shape index (κ1) is 18.9. The number of amides is 1. The molecule has 0 radical (unpaired) electrons. The van der Waals surface area contributed by atoms with Gasteiger partial charge in [-0.2, -0.15) is 0 Å². The van der Waals surface area contributed by atoms with Crippen LogP contribution in [0.2, 0.25) is 5.02 Å². The molecule has 0 aliphatic carbocycles. The van der Waals surface area contributed by atoms with Gasteiger partial charge in [-0.05, 0) is 55.2 Å². The van der Waals surface area contributed by atoms with E-state index in [9.17, 15) is 4.79 Å². The van der Waals surface area contributed by atoms with Gasteiger partial charge in [-0.1, -0.05) is 41.9 Å². The van der Waals surface area contributed by atoms with E-state index in [2.05, 4.69) is 0 Å². The Morgan fingerprint density at radius 2 is 1.88 bits per heavy atom. The quantitative estimate of drug-likeness (QED) is 0.781. The molecule has 1 heterocycles. The monoisotopic (exact) mass is 373 g/mol. The van der Waals surface area contributed by atoms with Gasteiger partial charge < -0.3 is 14.4 Å². The van der Waals surface area contributed by atoms with Crippen LogP contribution in [0, 0.1) is 0 Å². The van der Waals surface area contributed by atoms with E-state index in [0.29, 0.717) is 18.2 Å². The molecule has 0 aromatic heterocycles. The highest BCUT2D eigenvalue weighted by atomic mass is 35.5. The third-order valence-electron chi connectivity index (χ3n) is 4.82. The summed E-state index contributed by atoms with van der Waals surface area (Å²) in [5, 5.41) is 0.699. The average molecular weight is 374 g/mol. The largest absolute Gasteiger partial charge is 0.364 e. The van der Waals surface area contributed by atoms with E-state index in [1.807, 2.05) is 62.4 Å². The van der Waals surface area contributed by atoms with Crippen LogP contribution >= 0.6 is 11.6 Å². The second-order valence-corrected chi connectivity index (χ2v) is 7.31. The molecule has 4 nitrogen and oxygen atoms in total. The molecule has 1 atom stereocenters. The van der Waals surface area contributed by atoms with E-state index >= 15 is 0 Å². The van der Waals surface area contributed by atoms with Crippen molar-refractivity contribution in [3.05, 3.63) is 59.1 Å². The first-order chi connectivity index (χ1) is 12.4. The molecule has 1 saturated heterocycles. The molecular weight excluding hydrogens is 350 g/mol. The number of methoxy groups -OCH3 is 1. The molecule has 138 valence electrons. The van der Waals surface area contributed by atoms with Crippen LogP contribution in [0.15, 0.2) is 48.5 Å². The average Bonchev–Trinajstić information content (AvgIpc) is 2.84. The lowest BCUT2D eigenvalue weighted by Gasteiger charge is -2.37. The maximum atomic E-state index is 13.1. The number of halogens is 1. The normalized spacial score (nSPS) is 18.7. The van der Waals surface area contributed by atoms with Crippen molar-refractivity contribution in [2.24, 2.45) is 0 Å². The Kier molecular flexibility index (Phi) is 5.66. The van der Waals surface area contributed by atoms with Crippen molar-refractivity contribution < 1.29 is 14.3 Å². The van der Waals surface area contributed by atoms with Crippen LogP contribution in [0.4, 0.5) is 0 Å². The van der Waals surface area contributed by atoms with Gasteiger partial charge >= 0.3 is 0 Å². The van der Waals surface area contributed by atoms with Crippen LogP contribution in [-0.2, 0) is 14.3 Å². The zero-order valence-corrected chi connectivity index (χ0v) is 16.1. The van der Waals surface area contributed by atoms with E-state index in [1.54, 1.807) is 12.0 Å². The SMILES string of the molecule is COC(C)(C)N1CCCOC(c2cccc(-c3ccc(Cl)cc3)c2)C1=O. The van der Waals surface area contributed by atoms with Gasteiger partial charge in [0.1, 0.15) is 5.72 Å². The number of hydrogen-bond acceptors (Lipinski definition) is 3. The zero-order chi connectivity index (χ0) is 18.7. The summed E-state index contributed by atoms with van der Waals surface area (Å²) in [4.78, 5) is 14.9. The van der Waals surface area contributed by atoms with Crippen LogP contribution in [0.1, 0.15) is 31.9 Å². The number of ether oxygens (including phenoxy) is 2. The lowest BCUT2D eigenvalue weighted by molar-refractivity contribution is -0.166. The summed E-state index contributed by atoms with van der Waals surface area (Å²) >= 11 is 5.98. The summed E-state index contributed by atoms with van der Waals surface area (Å²) in [6, 6.07) is 15.6. The fraction of sp³-hybridized carbons (Fsp3) is 0.381. The number of benzene rings is 2. The maximum absolute atomic E-state index is 13.1. The van der Waals surface area contributed by atoms with E-state index in [4.69, 9.17) is 21.1 Å². The Morgan fingerprint density at radius 3 is 2.58 bits per heavy atom. The van der Waals surface area contributed by atoms with Crippen molar-refractivity contribution in [1.82, 2.24) is 4.90 Å². The van der Waals surface area contributed by atoms with Gasteiger partial charge in [0.2, 0.25) is 0 Å². The molecule has 2 aromatic carbocycles. The molecule has 2 aromatic rings. The highest BCUT2D eigenvalue weighted by Crippen LogP contribution is 2.31. The second-order valence-electron chi connectivity index (χ2n) is 6.88. The minimum absolute atomic E-state index is 0.0670. The Balaban J connectivity index is 1.93. The summed E-state index contributed by atoms with van der Waals surface area (Å²) in [6.07, 6.45) is 0.158. The smallest absolute Gasteiger partial charge is 0.258 e. The summed E-state index contributed by atoms with van der Waals surface area (Å²) in [6.45, 7) is 4.96. The van der Waals surface area contributed by atoms with Gasteiger partial charge in [-0.15, -0.1) is 0 Å². The Labute approximate surface area is 159 Å². The Morgan fingerprint density at radius 1 is 1.15 bits per heavy atom. The molecule has 1 unspecified atom stereocenters. The van der Waals surface area contributed by atoms with Crippen molar-refractivity contribution in [2.75, 3.05) is 20.3 Å². The van der Waals surface area contributed by atoms with Crippen LogP contribution in [0.3, 0.4) is 0 Å². The maximum Gasteiger partial charge on any atom is 0.258 e. The number of carbonyl (C=O) groups excluding carboxylic acids is 1. The fourth-order valence-electron chi connectivity index (χ4n) is 3.15. The van der Waals surface area contributed by atoms with Crippen LogP contribution < -0.4 is 0 Å². The minimum atomic E-state index is -0.670. The van der Waals surface area contributed by atoms with Crippen LogP contribution in [0.25, 0.3) is 11.1 Å². The summed E-state index contributed by atoms with van der Waals surface area (Å²) in [5.41, 5.74) is 2.25. The van der Waals surface area contributed by atoms with Crippen LogP contribution in [-0.4, -0.2) is 36.8 Å². The van der Waals surface area contributed by atoms with E-state index < -0.39 is 11.8 Å². The molecule has 3 rings (SSSR count). The first-order valence-electron chi connectivity index (χ1n) is 8.76. The number of carbonyl (C=O) groups is 1. The third kappa shape index (κ3) is 3.93. The third-order valence-corrected chi connectivity index (χ3v) is 5.07. The highest BCUT2D eigenvalue weighted by molar-refractivity contribution is 6.30. The molecule has 0 N–H and O–H groups in total. The van der Waals surface area contributed by atoms with E-state index in [1.165, 1.54) is 0 Å². The summed E-state index contributed by atoms with van der Waals surface area (Å²) < 4.78 is 11.4.